The van der Waals surface area contributed by atoms with E-state index in [0.29, 0.717) is 5.65 Å². The van der Waals surface area contributed by atoms with E-state index in [4.69, 9.17) is 0 Å². The highest BCUT2D eigenvalue weighted by Gasteiger charge is 2.16. The fourth-order valence-electron chi connectivity index (χ4n) is 2.88. The Kier molecular flexibility index (Phi) is 3.85. The number of anilines is 2. The van der Waals surface area contributed by atoms with E-state index >= 15 is 0 Å². The number of nitrogens with zero attached hydrogens (tertiary/aromatic N) is 5. The maximum Gasteiger partial charge on any atom is 0.168 e. The van der Waals surface area contributed by atoms with Crippen LogP contribution in [0.15, 0.2) is 67.1 Å². The first kappa shape index (κ1) is 15.3. The van der Waals surface area contributed by atoms with Crippen molar-refractivity contribution < 1.29 is 4.39 Å². The first-order valence-electron chi connectivity index (χ1n) is 8.05. The van der Waals surface area contributed by atoms with Crippen molar-refractivity contribution in [3.63, 3.8) is 0 Å². The summed E-state index contributed by atoms with van der Waals surface area (Å²) >= 11 is 0. The molecule has 2 aromatic heterocycles. The van der Waals surface area contributed by atoms with Crippen LogP contribution in [0.4, 0.5) is 15.9 Å². The second-order valence-electron chi connectivity index (χ2n) is 5.55. The van der Waals surface area contributed by atoms with Gasteiger partial charge < -0.3 is 4.90 Å². The molecule has 0 saturated carbocycles. The Bertz CT molecular complexity index is 995. The summed E-state index contributed by atoms with van der Waals surface area (Å²) in [4.78, 5) is 11.0. The van der Waals surface area contributed by atoms with Gasteiger partial charge in [0, 0.05) is 12.2 Å². The standard InChI is InChI=1S/C19H16FN5/c1-2-24(15-6-4-3-5-7-15)18-17-12-23-25(19(17)22-13-21-18)16-10-8-14(20)9-11-16/h3-13H,2H2,1H3. The molecule has 4 aromatic rings. The lowest BCUT2D eigenvalue weighted by atomic mass is 10.2. The van der Waals surface area contributed by atoms with Gasteiger partial charge in [-0.15, -0.1) is 0 Å². The average molecular weight is 333 g/mol. The van der Waals surface area contributed by atoms with Gasteiger partial charge in [-0.2, -0.15) is 5.10 Å². The summed E-state index contributed by atoms with van der Waals surface area (Å²) in [5, 5.41) is 5.28. The zero-order valence-corrected chi connectivity index (χ0v) is 13.7. The van der Waals surface area contributed by atoms with Gasteiger partial charge in [0.15, 0.2) is 5.65 Å². The van der Waals surface area contributed by atoms with Gasteiger partial charge >= 0.3 is 0 Å². The number of aromatic nitrogens is 4. The third-order valence-electron chi connectivity index (χ3n) is 4.06. The number of para-hydroxylation sites is 1. The molecule has 0 fully saturated rings. The lowest BCUT2D eigenvalue weighted by molar-refractivity contribution is 0.627. The molecule has 0 aliphatic heterocycles. The molecule has 2 aromatic carbocycles. The van der Waals surface area contributed by atoms with Crippen molar-refractivity contribution >= 4 is 22.5 Å². The zero-order chi connectivity index (χ0) is 17.2. The van der Waals surface area contributed by atoms with Gasteiger partial charge in [0.2, 0.25) is 0 Å². The number of fused-ring (bicyclic) bond motifs is 1. The van der Waals surface area contributed by atoms with Crippen molar-refractivity contribution in [1.82, 2.24) is 19.7 Å². The minimum absolute atomic E-state index is 0.281. The molecular formula is C19H16FN5. The highest BCUT2D eigenvalue weighted by atomic mass is 19.1. The van der Waals surface area contributed by atoms with Crippen LogP contribution in [-0.4, -0.2) is 26.3 Å². The molecule has 0 aliphatic carbocycles. The molecule has 0 N–H and O–H groups in total. The minimum atomic E-state index is -0.281. The second-order valence-corrected chi connectivity index (χ2v) is 5.55. The molecule has 2 heterocycles. The Labute approximate surface area is 144 Å². The minimum Gasteiger partial charge on any atom is -0.326 e. The molecule has 0 amide bonds. The summed E-state index contributed by atoms with van der Waals surface area (Å²) in [6.07, 6.45) is 3.28. The highest BCUT2D eigenvalue weighted by molar-refractivity contribution is 5.89. The van der Waals surface area contributed by atoms with E-state index in [1.54, 1.807) is 23.0 Å². The van der Waals surface area contributed by atoms with Crippen LogP contribution in [0, 0.1) is 5.82 Å². The number of hydrogen-bond acceptors (Lipinski definition) is 4. The number of benzene rings is 2. The van der Waals surface area contributed by atoms with Crippen LogP contribution in [0.3, 0.4) is 0 Å². The molecule has 0 radical (unpaired) electrons. The smallest absolute Gasteiger partial charge is 0.168 e. The molecule has 0 bridgehead atoms. The van der Waals surface area contributed by atoms with Crippen LogP contribution >= 0.6 is 0 Å². The maximum atomic E-state index is 13.2. The van der Waals surface area contributed by atoms with E-state index in [-0.39, 0.29) is 5.82 Å². The van der Waals surface area contributed by atoms with Crippen LogP contribution in [0.1, 0.15) is 6.92 Å². The molecule has 6 heteroatoms. The quantitative estimate of drug-likeness (QED) is 0.564. The molecule has 0 saturated heterocycles. The molecular weight excluding hydrogens is 317 g/mol. The van der Waals surface area contributed by atoms with Crippen LogP contribution in [0.5, 0.6) is 0 Å². The number of hydrogen-bond donors (Lipinski definition) is 0. The van der Waals surface area contributed by atoms with Crippen molar-refractivity contribution in [2.24, 2.45) is 0 Å². The van der Waals surface area contributed by atoms with Gasteiger partial charge in [-0.3, -0.25) is 0 Å². The Morgan fingerprint density at radius 3 is 2.48 bits per heavy atom. The predicted molar refractivity (Wildman–Crippen MR) is 95.7 cm³/mol. The van der Waals surface area contributed by atoms with Gasteiger partial charge in [0.05, 0.1) is 17.3 Å². The van der Waals surface area contributed by atoms with Gasteiger partial charge in [-0.1, -0.05) is 18.2 Å². The van der Waals surface area contributed by atoms with Crippen LogP contribution in [0.2, 0.25) is 0 Å². The first-order valence-corrected chi connectivity index (χ1v) is 8.05. The van der Waals surface area contributed by atoms with Crippen molar-refractivity contribution in [2.75, 3.05) is 11.4 Å². The zero-order valence-electron chi connectivity index (χ0n) is 13.7. The second kappa shape index (κ2) is 6.32. The Morgan fingerprint density at radius 1 is 1.00 bits per heavy atom. The average Bonchev–Trinajstić information content (AvgIpc) is 3.09. The van der Waals surface area contributed by atoms with Crippen molar-refractivity contribution in [2.45, 2.75) is 6.92 Å². The summed E-state index contributed by atoms with van der Waals surface area (Å²) in [7, 11) is 0. The van der Waals surface area contributed by atoms with Crippen LogP contribution in [0.25, 0.3) is 16.7 Å². The third kappa shape index (κ3) is 2.71. The van der Waals surface area contributed by atoms with E-state index in [0.717, 1.165) is 29.1 Å². The van der Waals surface area contributed by atoms with Gasteiger partial charge in [-0.05, 0) is 43.3 Å². The summed E-state index contributed by atoms with van der Waals surface area (Å²) in [5.41, 5.74) is 2.49. The fourth-order valence-corrected chi connectivity index (χ4v) is 2.88. The highest BCUT2D eigenvalue weighted by Crippen LogP contribution is 2.29. The lowest BCUT2D eigenvalue weighted by Gasteiger charge is -2.22. The fraction of sp³-hybridized carbons (Fsp3) is 0.105. The molecule has 5 nitrogen and oxygen atoms in total. The summed E-state index contributed by atoms with van der Waals surface area (Å²) < 4.78 is 14.9. The summed E-state index contributed by atoms with van der Waals surface area (Å²) in [6, 6.07) is 16.2. The van der Waals surface area contributed by atoms with Crippen molar-refractivity contribution in [3.05, 3.63) is 72.9 Å². The van der Waals surface area contributed by atoms with Crippen LogP contribution in [-0.2, 0) is 0 Å². The normalized spacial score (nSPS) is 11.0. The summed E-state index contributed by atoms with van der Waals surface area (Å²) in [6.45, 7) is 2.84. The van der Waals surface area contributed by atoms with Crippen molar-refractivity contribution in [1.29, 1.82) is 0 Å². The first-order chi connectivity index (χ1) is 12.3. The Balaban J connectivity index is 1.85. The monoisotopic (exact) mass is 333 g/mol. The molecule has 4 rings (SSSR count). The van der Waals surface area contributed by atoms with Gasteiger partial charge in [-0.25, -0.2) is 19.0 Å². The van der Waals surface area contributed by atoms with E-state index in [1.165, 1.54) is 18.5 Å². The molecule has 124 valence electrons. The SMILES string of the molecule is CCN(c1ccccc1)c1ncnc2c1cnn2-c1ccc(F)cc1. The maximum absolute atomic E-state index is 13.2. The largest absolute Gasteiger partial charge is 0.326 e. The lowest BCUT2D eigenvalue weighted by Crippen LogP contribution is -2.17. The number of halogens is 1. The molecule has 0 atom stereocenters. The topological polar surface area (TPSA) is 46.8 Å². The van der Waals surface area contributed by atoms with E-state index in [2.05, 4.69) is 26.9 Å². The van der Waals surface area contributed by atoms with Crippen LogP contribution < -0.4 is 4.90 Å². The molecule has 0 spiro atoms. The van der Waals surface area contributed by atoms with E-state index < -0.39 is 0 Å². The summed E-state index contributed by atoms with van der Waals surface area (Å²) in [5.74, 6) is 0.517. The predicted octanol–water partition coefficient (Wildman–Crippen LogP) is 4.11. The van der Waals surface area contributed by atoms with Gasteiger partial charge in [0.25, 0.3) is 0 Å². The number of rotatable bonds is 4. The molecule has 0 aliphatic rings. The molecule has 0 unspecified atom stereocenters. The third-order valence-corrected chi connectivity index (χ3v) is 4.06. The molecule has 25 heavy (non-hydrogen) atoms. The Hall–Kier alpha value is -3.28. The van der Waals surface area contributed by atoms with Gasteiger partial charge in [0.1, 0.15) is 18.0 Å². The van der Waals surface area contributed by atoms with Crippen molar-refractivity contribution in [3.8, 4) is 5.69 Å². The van der Waals surface area contributed by atoms with E-state index in [1.807, 2.05) is 30.3 Å². The Morgan fingerprint density at radius 2 is 1.76 bits per heavy atom. The van der Waals surface area contributed by atoms with E-state index in [9.17, 15) is 4.39 Å².